The predicted octanol–water partition coefficient (Wildman–Crippen LogP) is 4.50. The van der Waals surface area contributed by atoms with Crippen molar-refractivity contribution in [2.75, 3.05) is 24.6 Å². The summed E-state index contributed by atoms with van der Waals surface area (Å²) in [5, 5.41) is 4.90. The van der Waals surface area contributed by atoms with E-state index in [0.29, 0.717) is 12.2 Å². The number of furan rings is 1. The van der Waals surface area contributed by atoms with Gasteiger partial charge in [-0.3, -0.25) is 4.79 Å². The highest BCUT2D eigenvalue weighted by Crippen LogP contribution is 2.25. The van der Waals surface area contributed by atoms with Gasteiger partial charge in [0.2, 0.25) is 0 Å². The smallest absolute Gasteiger partial charge is 0.307 e. The highest BCUT2D eigenvalue weighted by molar-refractivity contribution is 5.96. The molecule has 2 heterocycles. The Labute approximate surface area is 170 Å². The Morgan fingerprint density at radius 1 is 1.21 bits per heavy atom. The van der Waals surface area contributed by atoms with Gasteiger partial charge in [0.15, 0.2) is 5.76 Å². The van der Waals surface area contributed by atoms with Gasteiger partial charge in [0.05, 0.1) is 12.8 Å². The Hall–Kier alpha value is -3.28. The Morgan fingerprint density at radius 3 is 2.79 bits per heavy atom. The summed E-state index contributed by atoms with van der Waals surface area (Å²) in [5.41, 5.74) is 6.60. The molecule has 3 aromatic rings. The van der Waals surface area contributed by atoms with Crippen LogP contribution in [0.2, 0.25) is 0 Å². The number of anilines is 1. The van der Waals surface area contributed by atoms with Gasteiger partial charge in [-0.1, -0.05) is 6.07 Å². The van der Waals surface area contributed by atoms with Crippen molar-refractivity contribution >= 4 is 28.8 Å². The minimum Gasteiger partial charge on any atom is -0.494 e. The van der Waals surface area contributed by atoms with Crippen LogP contribution in [0.1, 0.15) is 41.4 Å². The molecule has 1 aromatic heterocycles. The number of nitrogens with one attached hydrogen (secondary N) is 1. The van der Waals surface area contributed by atoms with E-state index in [9.17, 15) is 4.79 Å². The van der Waals surface area contributed by atoms with Crippen LogP contribution in [-0.2, 0) is 0 Å². The van der Waals surface area contributed by atoms with Gasteiger partial charge in [0.1, 0.15) is 11.3 Å². The highest BCUT2D eigenvalue weighted by atomic mass is 16.5. The number of nitrogens with zero attached hydrogens (tertiary/aromatic N) is 2. The first-order valence-corrected chi connectivity index (χ1v) is 9.99. The van der Waals surface area contributed by atoms with Crippen molar-refractivity contribution in [1.82, 2.24) is 5.43 Å². The van der Waals surface area contributed by atoms with E-state index in [1.54, 1.807) is 18.3 Å². The summed E-state index contributed by atoms with van der Waals surface area (Å²) in [6, 6.07) is 13.4. The molecule has 0 unspecified atom stereocenters. The third kappa shape index (κ3) is 4.26. The molecule has 0 saturated carbocycles. The Kier molecular flexibility index (Phi) is 5.51. The molecule has 1 aliphatic heterocycles. The van der Waals surface area contributed by atoms with E-state index in [1.165, 1.54) is 24.1 Å². The average Bonchev–Trinajstić information content (AvgIpc) is 3.38. The number of rotatable bonds is 6. The van der Waals surface area contributed by atoms with Crippen LogP contribution < -0.4 is 15.1 Å². The first-order chi connectivity index (χ1) is 14.1. The van der Waals surface area contributed by atoms with Gasteiger partial charge in [0, 0.05) is 24.2 Å². The number of carbonyl (C=O) groups excluding carboxylic acids is 1. The van der Waals surface area contributed by atoms with Crippen LogP contribution in [0.4, 0.5) is 5.69 Å². The summed E-state index contributed by atoms with van der Waals surface area (Å²) in [4.78, 5) is 14.8. The highest BCUT2D eigenvalue weighted by Gasteiger charge is 2.14. The predicted molar refractivity (Wildman–Crippen MR) is 115 cm³/mol. The lowest BCUT2D eigenvalue weighted by Gasteiger charge is -2.20. The molecule has 0 aliphatic carbocycles. The monoisotopic (exact) mass is 391 g/mol. The molecule has 2 aromatic carbocycles. The summed E-state index contributed by atoms with van der Waals surface area (Å²) >= 11 is 0. The van der Waals surface area contributed by atoms with Crippen LogP contribution >= 0.6 is 0 Å². The van der Waals surface area contributed by atoms with E-state index in [2.05, 4.69) is 34.5 Å². The zero-order valence-electron chi connectivity index (χ0n) is 16.8. The van der Waals surface area contributed by atoms with Gasteiger partial charge in [-0.2, -0.15) is 5.10 Å². The maximum Gasteiger partial charge on any atom is 0.307 e. The maximum absolute atomic E-state index is 12.4. The van der Waals surface area contributed by atoms with Crippen molar-refractivity contribution < 1.29 is 13.9 Å². The lowest BCUT2D eigenvalue weighted by Crippen LogP contribution is -2.18. The average molecular weight is 391 g/mol. The molecular formula is C23H25N3O3. The van der Waals surface area contributed by atoms with Crippen molar-refractivity contribution in [3.8, 4) is 5.75 Å². The number of amides is 1. The van der Waals surface area contributed by atoms with Crippen molar-refractivity contribution in [3.63, 3.8) is 0 Å². The van der Waals surface area contributed by atoms with E-state index in [4.69, 9.17) is 9.15 Å². The third-order valence-electron chi connectivity index (χ3n) is 5.07. The van der Waals surface area contributed by atoms with Crippen molar-refractivity contribution in [1.29, 1.82) is 0 Å². The lowest BCUT2D eigenvalue weighted by atomic mass is 10.1. The maximum atomic E-state index is 12.4. The van der Waals surface area contributed by atoms with Crippen LogP contribution in [0.15, 0.2) is 52.0 Å². The summed E-state index contributed by atoms with van der Waals surface area (Å²) in [7, 11) is 0. The van der Waals surface area contributed by atoms with Crippen LogP contribution in [0, 0.1) is 6.92 Å². The van der Waals surface area contributed by atoms with E-state index in [-0.39, 0.29) is 11.7 Å². The van der Waals surface area contributed by atoms with Crippen LogP contribution in [-0.4, -0.2) is 31.8 Å². The quantitative estimate of drug-likeness (QED) is 0.496. The van der Waals surface area contributed by atoms with Gasteiger partial charge < -0.3 is 14.1 Å². The van der Waals surface area contributed by atoms with E-state index in [1.807, 2.05) is 25.1 Å². The zero-order chi connectivity index (χ0) is 20.2. The number of carbonyl (C=O) groups is 1. The molecule has 0 spiro atoms. The molecule has 4 rings (SSSR count). The van der Waals surface area contributed by atoms with Crippen molar-refractivity contribution in [2.24, 2.45) is 5.10 Å². The van der Waals surface area contributed by atoms with Crippen molar-refractivity contribution in [3.05, 3.63) is 59.4 Å². The molecule has 1 N–H and O–H groups in total. The molecule has 1 saturated heterocycles. The number of hydrazone groups is 1. The molecular weight excluding hydrogens is 366 g/mol. The Bertz CT molecular complexity index is 1050. The molecule has 29 heavy (non-hydrogen) atoms. The first-order valence-electron chi connectivity index (χ1n) is 9.99. The minimum atomic E-state index is -0.388. The summed E-state index contributed by atoms with van der Waals surface area (Å²) in [6.07, 6.45) is 4.15. The standard InChI is InChI=1S/C23H25N3O3/c1-3-28-19-7-9-21-18(13-19)14-22(29-21)23(27)25-24-15-17-6-8-20(16(2)12-17)26-10-4-5-11-26/h6-9,12-15H,3-5,10-11H2,1-2H3,(H,25,27)/b24-15+. The van der Waals surface area contributed by atoms with Gasteiger partial charge in [0.25, 0.3) is 0 Å². The number of hydrogen-bond acceptors (Lipinski definition) is 5. The topological polar surface area (TPSA) is 67.1 Å². The zero-order valence-corrected chi connectivity index (χ0v) is 16.8. The Balaban J connectivity index is 1.41. The molecule has 6 nitrogen and oxygen atoms in total. The molecule has 0 bridgehead atoms. The van der Waals surface area contributed by atoms with E-state index >= 15 is 0 Å². The number of benzene rings is 2. The van der Waals surface area contributed by atoms with Gasteiger partial charge in [-0.05, 0) is 74.2 Å². The normalized spacial score (nSPS) is 14.1. The SMILES string of the molecule is CCOc1ccc2oc(C(=O)N/N=C/c3ccc(N4CCCC4)c(C)c3)cc2c1. The first kappa shape index (κ1) is 19.1. The largest absolute Gasteiger partial charge is 0.494 e. The summed E-state index contributed by atoms with van der Waals surface area (Å²) in [6.45, 7) is 6.86. The van der Waals surface area contributed by atoms with Crippen molar-refractivity contribution in [2.45, 2.75) is 26.7 Å². The molecule has 1 fully saturated rings. The molecule has 1 amide bonds. The van der Waals surface area contributed by atoms with Crippen LogP contribution in [0.5, 0.6) is 5.75 Å². The third-order valence-corrected chi connectivity index (χ3v) is 5.07. The fourth-order valence-corrected chi connectivity index (χ4v) is 3.68. The lowest BCUT2D eigenvalue weighted by molar-refractivity contribution is 0.0929. The van der Waals surface area contributed by atoms with E-state index in [0.717, 1.165) is 29.8 Å². The molecule has 1 aliphatic rings. The number of ether oxygens (including phenoxy) is 1. The van der Waals surface area contributed by atoms with Gasteiger partial charge in [-0.25, -0.2) is 5.43 Å². The van der Waals surface area contributed by atoms with Gasteiger partial charge >= 0.3 is 5.91 Å². The molecule has 150 valence electrons. The fourth-order valence-electron chi connectivity index (χ4n) is 3.68. The number of aryl methyl sites for hydroxylation is 1. The second kappa shape index (κ2) is 8.39. The minimum absolute atomic E-state index is 0.214. The molecule has 0 radical (unpaired) electrons. The van der Waals surface area contributed by atoms with Gasteiger partial charge in [-0.15, -0.1) is 0 Å². The fraction of sp³-hybridized carbons (Fsp3) is 0.304. The number of hydrogen-bond donors (Lipinski definition) is 1. The van der Waals surface area contributed by atoms with Crippen LogP contribution in [0.25, 0.3) is 11.0 Å². The number of fused-ring (bicyclic) bond motifs is 1. The van der Waals surface area contributed by atoms with E-state index < -0.39 is 0 Å². The summed E-state index contributed by atoms with van der Waals surface area (Å²) < 4.78 is 11.1. The van der Waals surface area contributed by atoms with Crippen LogP contribution in [0.3, 0.4) is 0 Å². The second-order valence-corrected chi connectivity index (χ2v) is 7.18. The summed E-state index contributed by atoms with van der Waals surface area (Å²) in [5.74, 6) is 0.575. The molecule has 0 atom stereocenters. The second-order valence-electron chi connectivity index (χ2n) is 7.18. The Morgan fingerprint density at radius 2 is 2.03 bits per heavy atom. The molecule has 6 heteroatoms.